The zero-order valence-corrected chi connectivity index (χ0v) is 13.3. The lowest BCUT2D eigenvalue weighted by atomic mass is 10.1. The van der Waals surface area contributed by atoms with Crippen molar-refractivity contribution in [2.24, 2.45) is 0 Å². The van der Waals surface area contributed by atoms with Crippen molar-refractivity contribution in [3.63, 3.8) is 0 Å². The van der Waals surface area contributed by atoms with Gasteiger partial charge in [-0.1, -0.05) is 12.1 Å². The smallest absolute Gasteiger partial charge is 0.237 e. The lowest BCUT2D eigenvalue weighted by Crippen LogP contribution is -2.41. The van der Waals surface area contributed by atoms with Crippen LogP contribution in [0.2, 0.25) is 0 Å². The van der Waals surface area contributed by atoms with E-state index in [4.69, 9.17) is 4.74 Å². The molecular formula is C17H22N4O2. The van der Waals surface area contributed by atoms with E-state index >= 15 is 0 Å². The molecule has 2 heterocycles. The van der Waals surface area contributed by atoms with Crippen LogP contribution in [0.25, 0.3) is 11.1 Å². The number of hydrogen-bond acceptors (Lipinski definition) is 4. The summed E-state index contributed by atoms with van der Waals surface area (Å²) >= 11 is 0. The summed E-state index contributed by atoms with van der Waals surface area (Å²) in [6.45, 7) is 3.87. The van der Waals surface area contributed by atoms with Gasteiger partial charge in [0.25, 0.3) is 0 Å². The summed E-state index contributed by atoms with van der Waals surface area (Å²) in [5, 5.41) is 13.1. The molecule has 1 amide bonds. The number of carbonyl (C=O) groups is 1. The highest BCUT2D eigenvalue weighted by Crippen LogP contribution is 2.25. The summed E-state index contributed by atoms with van der Waals surface area (Å²) in [5.74, 6) is 0.852. The zero-order chi connectivity index (χ0) is 16.1. The Hall–Kier alpha value is -2.34. The Labute approximate surface area is 135 Å². The number of aryl methyl sites for hydroxylation is 1. The Kier molecular flexibility index (Phi) is 4.92. The molecule has 1 fully saturated rings. The quantitative estimate of drug-likeness (QED) is 0.708. The van der Waals surface area contributed by atoms with Gasteiger partial charge < -0.3 is 15.4 Å². The fourth-order valence-corrected chi connectivity index (χ4v) is 2.77. The fourth-order valence-electron chi connectivity index (χ4n) is 2.77. The lowest BCUT2D eigenvalue weighted by molar-refractivity contribution is -0.122. The molecule has 6 nitrogen and oxygen atoms in total. The summed E-state index contributed by atoms with van der Waals surface area (Å²) < 4.78 is 5.73. The summed E-state index contributed by atoms with van der Waals surface area (Å²) in [7, 11) is 0. The predicted molar refractivity (Wildman–Crippen MR) is 88.3 cm³/mol. The van der Waals surface area contributed by atoms with Crippen molar-refractivity contribution in [2.45, 2.75) is 25.8 Å². The second-order valence-electron chi connectivity index (χ2n) is 5.72. The van der Waals surface area contributed by atoms with Crippen LogP contribution in [0.1, 0.15) is 18.5 Å². The number of hydrogen-bond donors (Lipinski definition) is 3. The molecule has 1 aliphatic heterocycles. The van der Waals surface area contributed by atoms with Gasteiger partial charge in [0.1, 0.15) is 12.4 Å². The van der Waals surface area contributed by atoms with E-state index in [-0.39, 0.29) is 11.9 Å². The number of rotatable bonds is 6. The molecule has 2 aromatic rings. The number of amides is 1. The van der Waals surface area contributed by atoms with Crippen molar-refractivity contribution in [1.29, 1.82) is 0 Å². The number of carbonyl (C=O) groups excluding carboxylic acids is 1. The number of ether oxygens (including phenoxy) is 1. The van der Waals surface area contributed by atoms with Gasteiger partial charge in [-0.2, -0.15) is 5.10 Å². The maximum absolute atomic E-state index is 11.9. The average Bonchev–Trinajstić information content (AvgIpc) is 3.23. The van der Waals surface area contributed by atoms with Gasteiger partial charge in [0.05, 0.1) is 18.8 Å². The van der Waals surface area contributed by atoms with Crippen LogP contribution in [0.5, 0.6) is 5.75 Å². The van der Waals surface area contributed by atoms with Gasteiger partial charge in [0.2, 0.25) is 5.91 Å². The Balaban J connectivity index is 1.49. The Morgan fingerprint density at radius 2 is 2.39 bits per heavy atom. The van der Waals surface area contributed by atoms with Gasteiger partial charge in [-0.25, -0.2) is 0 Å². The Morgan fingerprint density at radius 1 is 1.48 bits per heavy atom. The second kappa shape index (κ2) is 7.28. The molecule has 1 aromatic heterocycles. The highest BCUT2D eigenvalue weighted by atomic mass is 16.5. The van der Waals surface area contributed by atoms with Gasteiger partial charge in [-0.05, 0) is 44.0 Å². The number of aromatic nitrogens is 2. The molecule has 1 atom stereocenters. The molecule has 0 bridgehead atoms. The van der Waals surface area contributed by atoms with E-state index in [9.17, 15) is 4.79 Å². The van der Waals surface area contributed by atoms with Gasteiger partial charge in [-0.15, -0.1) is 0 Å². The van der Waals surface area contributed by atoms with Crippen LogP contribution in [-0.2, 0) is 4.79 Å². The third kappa shape index (κ3) is 3.90. The predicted octanol–water partition coefficient (Wildman–Crippen LogP) is 1.63. The third-order valence-corrected chi connectivity index (χ3v) is 4.02. The minimum Gasteiger partial charge on any atom is -0.492 e. The Bertz CT molecular complexity index is 662. The maximum atomic E-state index is 11.9. The zero-order valence-electron chi connectivity index (χ0n) is 13.3. The molecule has 23 heavy (non-hydrogen) atoms. The van der Waals surface area contributed by atoms with Crippen molar-refractivity contribution < 1.29 is 9.53 Å². The first kappa shape index (κ1) is 15.6. The van der Waals surface area contributed by atoms with Crippen LogP contribution in [0.4, 0.5) is 0 Å². The summed E-state index contributed by atoms with van der Waals surface area (Å²) in [4.78, 5) is 11.9. The maximum Gasteiger partial charge on any atom is 0.237 e. The first-order valence-corrected chi connectivity index (χ1v) is 7.98. The molecule has 3 N–H and O–H groups in total. The molecule has 0 unspecified atom stereocenters. The highest BCUT2D eigenvalue weighted by molar-refractivity contribution is 5.81. The minimum absolute atomic E-state index is 0.0394. The topological polar surface area (TPSA) is 79.0 Å². The molecule has 0 spiro atoms. The van der Waals surface area contributed by atoms with E-state index < -0.39 is 0 Å². The first-order chi connectivity index (χ1) is 11.2. The van der Waals surface area contributed by atoms with Crippen molar-refractivity contribution in [3.05, 3.63) is 36.2 Å². The Morgan fingerprint density at radius 3 is 3.13 bits per heavy atom. The van der Waals surface area contributed by atoms with Crippen LogP contribution < -0.4 is 15.4 Å². The number of H-pyrrole nitrogens is 1. The van der Waals surface area contributed by atoms with Crippen LogP contribution in [0.15, 0.2) is 30.5 Å². The SMILES string of the molecule is Cc1[nH]ncc1-c1cccc(OCCNC(=O)[C@H]2CCCN2)c1. The largest absolute Gasteiger partial charge is 0.492 e. The molecule has 0 saturated carbocycles. The molecule has 3 rings (SSSR count). The number of nitrogens with zero attached hydrogens (tertiary/aromatic N) is 1. The van der Waals surface area contributed by atoms with Crippen LogP contribution >= 0.6 is 0 Å². The normalized spacial score (nSPS) is 17.2. The monoisotopic (exact) mass is 314 g/mol. The van der Waals surface area contributed by atoms with Crippen LogP contribution in [-0.4, -0.2) is 41.8 Å². The van der Waals surface area contributed by atoms with E-state index in [1.54, 1.807) is 0 Å². The van der Waals surface area contributed by atoms with Crippen LogP contribution in [0, 0.1) is 6.92 Å². The number of benzene rings is 1. The molecular weight excluding hydrogens is 292 g/mol. The van der Waals surface area contributed by atoms with Crippen molar-refractivity contribution in [1.82, 2.24) is 20.8 Å². The summed E-state index contributed by atoms with van der Waals surface area (Å²) in [5.41, 5.74) is 3.16. The molecule has 0 radical (unpaired) electrons. The van der Waals surface area contributed by atoms with Crippen molar-refractivity contribution in [2.75, 3.05) is 19.7 Å². The molecule has 6 heteroatoms. The first-order valence-electron chi connectivity index (χ1n) is 7.98. The van der Waals surface area contributed by atoms with Crippen LogP contribution in [0.3, 0.4) is 0 Å². The second-order valence-corrected chi connectivity index (χ2v) is 5.72. The molecule has 0 aliphatic carbocycles. The minimum atomic E-state index is -0.0394. The average molecular weight is 314 g/mol. The number of aromatic amines is 1. The molecule has 1 aliphatic rings. The van der Waals surface area contributed by atoms with Gasteiger partial charge in [0, 0.05) is 11.3 Å². The van der Waals surface area contributed by atoms with E-state index in [2.05, 4.69) is 20.8 Å². The molecule has 1 saturated heterocycles. The summed E-state index contributed by atoms with van der Waals surface area (Å²) in [6.07, 6.45) is 3.79. The van der Waals surface area contributed by atoms with E-state index in [0.717, 1.165) is 42.0 Å². The molecule has 122 valence electrons. The van der Waals surface area contributed by atoms with E-state index in [0.29, 0.717) is 13.2 Å². The lowest BCUT2D eigenvalue weighted by Gasteiger charge is -2.12. The van der Waals surface area contributed by atoms with Gasteiger partial charge >= 0.3 is 0 Å². The molecule has 1 aromatic carbocycles. The van der Waals surface area contributed by atoms with Crippen molar-refractivity contribution >= 4 is 5.91 Å². The third-order valence-electron chi connectivity index (χ3n) is 4.02. The van der Waals surface area contributed by atoms with Gasteiger partial charge in [0.15, 0.2) is 0 Å². The number of nitrogens with one attached hydrogen (secondary N) is 3. The highest BCUT2D eigenvalue weighted by Gasteiger charge is 2.21. The van der Waals surface area contributed by atoms with E-state index in [1.165, 1.54) is 0 Å². The van der Waals surface area contributed by atoms with Gasteiger partial charge in [-0.3, -0.25) is 9.89 Å². The van der Waals surface area contributed by atoms with Crippen molar-refractivity contribution in [3.8, 4) is 16.9 Å². The van der Waals surface area contributed by atoms with E-state index in [1.807, 2.05) is 37.4 Å². The standard InChI is InChI=1S/C17H22N4O2/c1-12-15(11-20-21-12)13-4-2-5-14(10-13)23-9-8-19-17(22)16-6-3-7-18-16/h2,4-5,10-11,16,18H,3,6-9H2,1H3,(H,19,22)(H,20,21)/t16-/m1/s1. The summed E-state index contributed by atoms with van der Waals surface area (Å²) in [6, 6.07) is 7.84. The fraction of sp³-hybridized carbons (Fsp3) is 0.412.